The van der Waals surface area contributed by atoms with Crippen LogP contribution in [0.2, 0.25) is 5.02 Å². The molecule has 1 unspecified atom stereocenters. The highest BCUT2D eigenvalue weighted by Gasteiger charge is 2.15. The maximum absolute atomic E-state index is 6.33. The summed E-state index contributed by atoms with van der Waals surface area (Å²) < 4.78 is 1.71. The summed E-state index contributed by atoms with van der Waals surface area (Å²) in [6, 6.07) is 6.34. The van der Waals surface area contributed by atoms with Gasteiger partial charge in [-0.3, -0.25) is 0 Å². The van der Waals surface area contributed by atoms with Gasteiger partial charge in [-0.15, -0.1) is 0 Å². The standard InChI is InChI=1S/C14H18ClN5/c15-12-4-1-5-13(14(12)20-10-17-9-18-20)19-11-3-2-7-16-8-6-11/h1,4-5,9-11,16,19H,2-3,6-8H2. The minimum absolute atomic E-state index is 0.464. The molecule has 1 aromatic carbocycles. The molecule has 0 amide bonds. The third-order valence-electron chi connectivity index (χ3n) is 3.57. The second kappa shape index (κ2) is 6.24. The van der Waals surface area contributed by atoms with Crippen molar-refractivity contribution in [2.75, 3.05) is 18.4 Å². The van der Waals surface area contributed by atoms with E-state index < -0.39 is 0 Å². The van der Waals surface area contributed by atoms with Crippen LogP contribution < -0.4 is 10.6 Å². The van der Waals surface area contributed by atoms with Crippen LogP contribution >= 0.6 is 11.6 Å². The molecule has 2 N–H and O–H groups in total. The first kappa shape index (κ1) is 13.4. The molecular weight excluding hydrogens is 274 g/mol. The molecule has 106 valence electrons. The fourth-order valence-electron chi connectivity index (χ4n) is 2.57. The third-order valence-corrected chi connectivity index (χ3v) is 3.87. The first-order valence-corrected chi connectivity index (χ1v) is 7.33. The first-order chi connectivity index (χ1) is 9.84. The monoisotopic (exact) mass is 291 g/mol. The Morgan fingerprint density at radius 3 is 3.10 bits per heavy atom. The van der Waals surface area contributed by atoms with Gasteiger partial charge in [0.1, 0.15) is 18.3 Å². The van der Waals surface area contributed by atoms with Crippen LogP contribution in [0.5, 0.6) is 0 Å². The zero-order chi connectivity index (χ0) is 13.8. The van der Waals surface area contributed by atoms with Crippen LogP contribution in [0.25, 0.3) is 5.69 Å². The molecule has 1 aliphatic rings. The van der Waals surface area contributed by atoms with Crippen LogP contribution in [0, 0.1) is 0 Å². The average molecular weight is 292 g/mol. The Morgan fingerprint density at radius 2 is 2.25 bits per heavy atom. The molecule has 1 aromatic heterocycles. The number of nitrogens with zero attached hydrogens (tertiary/aromatic N) is 3. The van der Waals surface area contributed by atoms with Crippen LogP contribution in [0.15, 0.2) is 30.9 Å². The van der Waals surface area contributed by atoms with E-state index in [-0.39, 0.29) is 0 Å². The quantitative estimate of drug-likeness (QED) is 0.912. The van der Waals surface area contributed by atoms with Crippen LogP contribution in [0.1, 0.15) is 19.3 Å². The Balaban J connectivity index is 1.87. The van der Waals surface area contributed by atoms with Crippen LogP contribution in [0.3, 0.4) is 0 Å². The lowest BCUT2D eigenvalue weighted by molar-refractivity contribution is 0.636. The number of hydrogen-bond donors (Lipinski definition) is 2. The Kier molecular flexibility index (Phi) is 4.18. The minimum atomic E-state index is 0.464. The SMILES string of the molecule is Clc1cccc(NC2CCCNCC2)c1-n1cncn1. The number of nitrogens with one attached hydrogen (secondary N) is 2. The summed E-state index contributed by atoms with van der Waals surface area (Å²) in [6.07, 6.45) is 6.65. The number of rotatable bonds is 3. The largest absolute Gasteiger partial charge is 0.380 e. The smallest absolute Gasteiger partial charge is 0.138 e. The fraction of sp³-hybridized carbons (Fsp3) is 0.429. The summed E-state index contributed by atoms with van der Waals surface area (Å²) in [6.45, 7) is 2.15. The predicted octanol–water partition coefficient (Wildman–Crippen LogP) is 2.47. The normalized spacial score (nSPS) is 19.6. The van der Waals surface area contributed by atoms with E-state index >= 15 is 0 Å². The molecule has 1 saturated heterocycles. The zero-order valence-corrected chi connectivity index (χ0v) is 12.0. The highest BCUT2D eigenvalue weighted by molar-refractivity contribution is 6.33. The van der Waals surface area contributed by atoms with Crippen molar-refractivity contribution in [2.24, 2.45) is 0 Å². The van der Waals surface area contributed by atoms with Crippen molar-refractivity contribution < 1.29 is 0 Å². The Hall–Kier alpha value is -1.59. The second-order valence-corrected chi connectivity index (χ2v) is 5.41. The molecule has 1 aliphatic heterocycles. The average Bonchev–Trinajstić information content (AvgIpc) is 2.84. The van der Waals surface area contributed by atoms with Gasteiger partial charge in [-0.25, -0.2) is 9.67 Å². The third kappa shape index (κ3) is 2.94. The maximum Gasteiger partial charge on any atom is 0.138 e. The number of para-hydroxylation sites is 1. The number of hydrogen-bond acceptors (Lipinski definition) is 4. The second-order valence-electron chi connectivity index (χ2n) is 5.00. The first-order valence-electron chi connectivity index (χ1n) is 6.95. The molecule has 2 aromatic rings. The highest BCUT2D eigenvalue weighted by atomic mass is 35.5. The van der Waals surface area contributed by atoms with Crippen LogP contribution in [-0.2, 0) is 0 Å². The van der Waals surface area contributed by atoms with Crippen molar-refractivity contribution in [1.29, 1.82) is 0 Å². The molecule has 0 bridgehead atoms. The molecule has 6 heteroatoms. The number of anilines is 1. The van der Waals surface area contributed by atoms with E-state index in [0.717, 1.165) is 37.3 Å². The van der Waals surface area contributed by atoms with E-state index in [2.05, 4.69) is 20.7 Å². The molecule has 0 aliphatic carbocycles. The Bertz CT molecular complexity index is 547. The molecule has 2 heterocycles. The van der Waals surface area contributed by atoms with Crippen molar-refractivity contribution in [3.8, 4) is 5.69 Å². The molecule has 5 nitrogen and oxygen atoms in total. The van der Waals surface area contributed by atoms with Gasteiger partial charge in [0.2, 0.25) is 0 Å². The van der Waals surface area contributed by atoms with Gasteiger partial charge < -0.3 is 10.6 Å². The lowest BCUT2D eigenvalue weighted by Gasteiger charge is -2.20. The van der Waals surface area contributed by atoms with Gasteiger partial charge in [0.05, 0.1) is 10.7 Å². The summed E-state index contributed by atoms with van der Waals surface area (Å²) in [5, 5.41) is 11.9. The van der Waals surface area contributed by atoms with E-state index in [9.17, 15) is 0 Å². The number of benzene rings is 1. The highest BCUT2D eigenvalue weighted by Crippen LogP contribution is 2.29. The molecule has 0 radical (unpaired) electrons. The van der Waals surface area contributed by atoms with Gasteiger partial charge in [-0.1, -0.05) is 17.7 Å². The van der Waals surface area contributed by atoms with Gasteiger partial charge in [0.15, 0.2) is 0 Å². The fourth-order valence-corrected chi connectivity index (χ4v) is 2.83. The van der Waals surface area contributed by atoms with E-state index in [0.29, 0.717) is 11.1 Å². The lowest BCUT2D eigenvalue weighted by Crippen LogP contribution is -2.22. The van der Waals surface area contributed by atoms with Crippen molar-refractivity contribution in [1.82, 2.24) is 20.1 Å². The maximum atomic E-state index is 6.33. The lowest BCUT2D eigenvalue weighted by atomic mass is 10.1. The van der Waals surface area contributed by atoms with E-state index in [4.69, 9.17) is 11.6 Å². The molecule has 1 fully saturated rings. The van der Waals surface area contributed by atoms with Gasteiger partial charge in [0.25, 0.3) is 0 Å². The molecule has 0 saturated carbocycles. The van der Waals surface area contributed by atoms with Crippen molar-refractivity contribution in [3.05, 3.63) is 35.9 Å². The minimum Gasteiger partial charge on any atom is -0.380 e. The van der Waals surface area contributed by atoms with Gasteiger partial charge in [-0.05, 0) is 44.5 Å². The summed E-state index contributed by atoms with van der Waals surface area (Å²) >= 11 is 6.33. The molecular formula is C14H18ClN5. The number of halogens is 1. The number of aromatic nitrogens is 3. The van der Waals surface area contributed by atoms with E-state index in [1.165, 1.54) is 12.7 Å². The van der Waals surface area contributed by atoms with Gasteiger partial charge >= 0.3 is 0 Å². The molecule has 0 spiro atoms. The van der Waals surface area contributed by atoms with E-state index in [1.807, 2.05) is 18.2 Å². The summed E-state index contributed by atoms with van der Waals surface area (Å²) in [5.74, 6) is 0. The molecule has 20 heavy (non-hydrogen) atoms. The summed E-state index contributed by atoms with van der Waals surface area (Å²) in [7, 11) is 0. The molecule has 3 rings (SSSR count). The molecule has 1 atom stereocenters. The Morgan fingerprint density at radius 1 is 1.30 bits per heavy atom. The summed E-state index contributed by atoms with van der Waals surface area (Å²) in [4.78, 5) is 4.00. The van der Waals surface area contributed by atoms with Crippen LogP contribution in [0.4, 0.5) is 5.69 Å². The van der Waals surface area contributed by atoms with Crippen molar-refractivity contribution >= 4 is 17.3 Å². The Labute approximate surface area is 123 Å². The van der Waals surface area contributed by atoms with Gasteiger partial charge in [-0.2, -0.15) is 5.10 Å². The summed E-state index contributed by atoms with van der Waals surface area (Å²) in [5.41, 5.74) is 1.87. The predicted molar refractivity (Wildman–Crippen MR) is 80.5 cm³/mol. The van der Waals surface area contributed by atoms with Gasteiger partial charge in [0, 0.05) is 6.04 Å². The van der Waals surface area contributed by atoms with Crippen molar-refractivity contribution in [3.63, 3.8) is 0 Å². The topological polar surface area (TPSA) is 54.8 Å². The van der Waals surface area contributed by atoms with Crippen LogP contribution in [-0.4, -0.2) is 33.9 Å². The van der Waals surface area contributed by atoms with E-state index in [1.54, 1.807) is 11.0 Å². The zero-order valence-electron chi connectivity index (χ0n) is 11.2. The van der Waals surface area contributed by atoms with Crippen molar-refractivity contribution in [2.45, 2.75) is 25.3 Å².